The van der Waals surface area contributed by atoms with Gasteiger partial charge in [-0.15, -0.1) is 0 Å². The summed E-state index contributed by atoms with van der Waals surface area (Å²) in [5.41, 5.74) is 5.10. The number of primary amides is 1. The van der Waals surface area contributed by atoms with Crippen LogP contribution >= 0.6 is 0 Å². The summed E-state index contributed by atoms with van der Waals surface area (Å²) in [6.45, 7) is 1.46. The Hall–Kier alpha value is -2.71. The first kappa shape index (κ1) is 12.7. The van der Waals surface area contributed by atoms with Crippen LogP contribution in [0.5, 0.6) is 0 Å². The summed E-state index contributed by atoms with van der Waals surface area (Å²) in [5.74, 6) is -0.532. The van der Waals surface area contributed by atoms with Crippen LogP contribution in [0.4, 0.5) is 5.95 Å². The number of hydrogen-bond acceptors (Lipinski definition) is 7. The molecule has 1 amide bonds. The van der Waals surface area contributed by atoms with Crippen molar-refractivity contribution in [3.63, 3.8) is 0 Å². The van der Waals surface area contributed by atoms with Crippen LogP contribution in [0.25, 0.3) is 0 Å². The minimum absolute atomic E-state index is 0.209. The number of hydrogen-bond donors (Lipinski definition) is 1. The molecule has 2 rings (SSSR count). The van der Waals surface area contributed by atoms with Gasteiger partial charge in [0.05, 0.1) is 0 Å². The Labute approximate surface area is 108 Å². The lowest BCUT2D eigenvalue weighted by Crippen LogP contribution is -2.43. The van der Waals surface area contributed by atoms with Crippen LogP contribution in [0.15, 0.2) is 30.5 Å². The second kappa shape index (κ2) is 4.88. The number of aromatic nitrogens is 2. The van der Waals surface area contributed by atoms with E-state index >= 15 is 0 Å². The van der Waals surface area contributed by atoms with Crippen LogP contribution in [-0.2, 0) is 4.79 Å². The van der Waals surface area contributed by atoms with Crippen molar-refractivity contribution in [3.05, 3.63) is 40.6 Å². The Morgan fingerprint density at radius 3 is 2.68 bits per heavy atom. The van der Waals surface area contributed by atoms with Gasteiger partial charge in [0.1, 0.15) is 6.20 Å². The zero-order valence-corrected chi connectivity index (χ0v) is 10.1. The van der Waals surface area contributed by atoms with E-state index in [1.807, 2.05) is 0 Å². The summed E-state index contributed by atoms with van der Waals surface area (Å²) < 4.78 is 0. The summed E-state index contributed by atoms with van der Waals surface area (Å²) in [5, 5.41) is 11.0. The molecule has 1 unspecified atom stereocenters. The second-order valence-corrected chi connectivity index (χ2v) is 3.93. The molecule has 1 aromatic rings. The fraction of sp³-hybridized carbons (Fsp3) is 0.300. The molecule has 0 saturated carbocycles. The van der Waals surface area contributed by atoms with E-state index in [2.05, 4.69) is 9.97 Å². The summed E-state index contributed by atoms with van der Waals surface area (Å²) in [6.07, 6.45) is 3.90. The maximum absolute atomic E-state index is 11.0. The highest BCUT2D eigenvalue weighted by Crippen LogP contribution is 2.25. The third-order valence-electron chi connectivity index (χ3n) is 2.70. The molecule has 0 aromatic carbocycles. The minimum atomic E-state index is -0.643. The standard InChI is InChI=1S/C10H12N6O3/c1-7-14(5-8(11)17)9(16(18)19)6-15(7)10-12-3-2-4-13-10/h2-4,6-7H,5H2,1H3,(H2,11,17). The topological polar surface area (TPSA) is 118 Å². The Balaban J connectivity index is 2.33. The van der Waals surface area contributed by atoms with Gasteiger partial charge in [-0.25, -0.2) is 14.9 Å². The molecule has 2 N–H and O–H groups in total. The average Bonchev–Trinajstić information content (AvgIpc) is 2.68. The number of nitrogens with two attached hydrogens (primary N) is 1. The normalized spacial score (nSPS) is 18.4. The van der Waals surface area contributed by atoms with E-state index in [-0.39, 0.29) is 12.4 Å². The molecule has 9 nitrogen and oxygen atoms in total. The first-order chi connectivity index (χ1) is 9.00. The van der Waals surface area contributed by atoms with Gasteiger partial charge in [-0.1, -0.05) is 0 Å². The Bertz CT molecular complexity index is 531. The van der Waals surface area contributed by atoms with Gasteiger partial charge in [-0.05, 0) is 17.9 Å². The second-order valence-electron chi connectivity index (χ2n) is 3.93. The van der Waals surface area contributed by atoms with Gasteiger partial charge >= 0.3 is 5.82 Å². The number of nitro groups is 1. The van der Waals surface area contributed by atoms with Crippen molar-refractivity contribution in [2.75, 3.05) is 11.4 Å². The van der Waals surface area contributed by atoms with Crippen molar-refractivity contribution >= 4 is 11.9 Å². The summed E-state index contributed by atoms with van der Waals surface area (Å²) in [4.78, 5) is 32.3. The monoisotopic (exact) mass is 264 g/mol. The highest BCUT2D eigenvalue weighted by Gasteiger charge is 2.40. The Morgan fingerprint density at radius 2 is 2.16 bits per heavy atom. The lowest BCUT2D eigenvalue weighted by molar-refractivity contribution is -0.445. The molecule has 2 heterocycles. The minimum Gasteiger partial charge on any atom is -0.366 e. The van der Waals surface area contributed by atoms with Gasteiger partial charge in [0.25, 0.3) is 5.91 Å². The quantitative estimate of drug-likeness (QED) is 0.575. The van der Waals surface area contributed by atoms with Crippen molar-refractivity contribution in [1.82, 2.24) is 14.9 Å². The van der Waals surface area contributed by atoms with Gasteiger partial charge in [0.2, 0.25) is 5.95 Å². The maximum atomic E-state index is 11.0. The average molecular weight is 264 g/mol. The lowest BCUT2D eigenvalue weighted by Gasteiger charge is -2.22. The first-order valence-electron chi connectivity index (χ1n) is 5.47. The molecule has 0 fully saturated rings. The van der Waals surface area contributed by atoms with Crippen LogP contribution in [0.1, 0.15) is 6.92 Å². The van der Waals surface area contributed by atoms with E-state index in [4.69, 9.17) is 5.73 Å². The molecule has 0 radical (unpaired) electrons. The molecule has 0 aliphatic carbocycles. The molecule has 0 saturated heterocycles. The molecule has 1 aromatic heterocycles. The number of anilines is 1. The Morgan fingerprint density at radius 1 is 1.53 bits per heavy atom. The van der Waals surface area contributed by atoms with E-state index in [9.17, 15) is 14.9 Å². The summed E-state index contributed by atoms with van der Waals surface area (Å²) >= 11 is 0. The molecule has 1 aliphatic rings. The van der Waals surface area contributed by atoms with E-state index < -0.39 is 17.0 Å². The van der Waals surface area contributed by atoms with E-state index in [1.54, 1.807) is 13.0 Å². The summed E-state index contributed by atoms with van der Waals surface area (Å²) in [7, 11) is 0. The molecular weight excluding hydrogens is 252 g/mol. The van der Waals surface area contributed by atoms with Gasteiger partial charge in [0.15, 0.2) is 12.7 Å². The van der Waals surface area contributed by atoms with Gasteiger partial charge in [-0.3, -0.25) is 9.69 Å². The smallest absolute Gasteiger partial charge is 0.336 e. The molecule has 0 spiro atoms. The molecule has 9 heteroatoms. The van der Waals surface area contributed by atoms with Crippen molar-refractivity contribution in [2.45, 2.75) is 13.1 Å². The van der Waals surface area contributed by atoms with E-state index in [0.717, 1.165) is 0 Å². The SMILES string of the molecule is CC1N(CC(N)=O)C([N+](=O)[O-])=CN1c1ncccn1. The van der Waals surface area contributed by atoms with Crippen LogP contribution in [0.2, 0.25) is 0 Å². The highest BCUT2D eigenvalue weighted by molar-refractivity contribution is 5.76. The molecule has 100 valence electrons. The number of rotatable bonds is 4. The number of amides is 1. The van der Waals surface area contributed by atoms with Gasteiger partial charge in [-0.2, -0.15) is 0 Å². The van der Waals surface area contributed by atoms with Crippen LogP contribution in [-0.4, -0.2) is 38.4 Å². The predicted molar refractivity (Wildman–Crippen MR) is 65.0 cm³/mol. The molecule has 0 bridgehead atoms. The molecule has 1 aliphatic heterocycles. The number of carbonyl (C=O) groups excluding carboxylic acids is 1. The van der Waals surface area contributed by atoms with Crippen molar-refractivity contribution in [1.29, 1.82) is 0 Å². The molecule has 19 heavy (non-hydrogen) atoms. The van der Waals surface area contributed by atoms with E-state index in [0.29, 0.717) is 5.95 Å². The van der Waals surface area contributed by atoms with Crippen LogP contribution < -0.4 is 10.6 Å². The zero-order chi connectivity index (χ0) is 14.0. The fourth-order valence-corrected chi connectivity index (χ4v) is 1.83. The van der Waals surface area contributed by atoms with Gasteiger partial charge < -0.3 is 15.8 Å². The third kappa shape index (κ3) is 2.44. The summed E-state index contributed by atoms with van der Waals surface area (Å²) in [6, 6.07) is 1.64. The molecule has 1 atom stereocenters. The van der Waals surface area contributed by atoms with Crippen LogP contribution in [0.3, 0.4) is 0 Å². The number of carbonyl (C=O) groups is 1. The largest absolute Gasteiger partial charge is 0.366 e. The van der Waals surface area contributed by atoms with Crippen molar-refractivity contribution in [2.24, 2.45) is 5.73 Å². The Kier molecular flexibility index (Phi) is 3.27. The van der Waals surface area contributed by atoms with Crippen molar-refractivity contribution in [3.8, 4) is 0 Å². The highest BCUT2D eigenvalue weighted by atomic mass is 16.6. The first-order valence-corrected chi connectivity index (χ1v) is 5.47. The third-order valence-corrected chi connectivity index (χ3v) is 2.70. The van der Waals surface area contributed by atoms with Crippen LogP contribution in [0, 0.1) is 10.1 Å². The maximum Gasteiger partial charge on any atom is 0.336 e. The van der Waals surface area contributed by atoms with Gasteiger partial charge in [0, 0.05) is 12.4 Å². The molecular formula is C10H12N6O3. The fourth-order valence-electron chi connectivity index (χ4n) is 1.83. The van der Waals surface area contributed by atoms with E-state index in [1.165, 1.54) is 28.4 Å². The lowest BCUT2D eigenvalue weighted by atomic mass is 10.4. The van der Waals surface area contributed by atoms with Crippen molar-refractivity contribution < 1.29 is 9.72 Å². The number of nitrogens with zero attached hydrogens (tertiary/aromatic N) is 5. The predicted octanol–water partition coefficient (Wildman–Crippen LogP) is -0.494. The zero-order valence-electron chi connectivity index (χ0n) is 10.1.